The van der Waals surface area contributed by atoms with Crippen molar-refractivity contribution in [2.45, 2.75) is 26.2 Å². The third-order valence-corrected chi connectivity index (χ3v) is 3.74. The molecule has 0 aromatic heterocycles. The highest BCUT2D eigenvalue weighted by molar-refractivity contribution is 5.93. The SMILES string of the molecule is CCCCC[N+](C)(C)c1cccc2ccccc12.[OH-]. The first kappa shape index (κ1) is 15.7. The summed E-state index contributed by atoms with van der Waals surface area (Å²) >= 11 is 0. The highest BCUT2D eigenvalue weighted by Gasteiger charge is 2.20. The van der Waals surface area contributed by atoms with Crippen LogP contribution in [0.15, 0.2) is 42.5 Å². The molecule has 104 valence electrons. The van der Waals surface area contributed by atoms with Crippen molar-refractivity contribution >= 4 is 16.5 Å². The van der Waals surface area contributed by atoms with Crippen molar-refractivity contribution in [3.63, 3.8) is 0 Å². The van der Waals surface area contributed by atoms with Crippen LogP contribution in [0, 0.1) is 0 Å². The minimum Gasteiger partial charge on any atom is -0.870 e. The molecule has 0 aliphatic carbocycles. The van der Waals surface area contributed by atoms with E-state index in [4.69, 9.17) is 0 Å². The van der Waals surface area contributed by atoms with Crippen molar-refractivity contribution in [2.75, 3.05) is 20.6 Å². The lowest BCUT2D eigenvalue weighted by atomic mass is 10.1. The second-order valence-electron chi connectivity index (χ2n) is 5.61. The van der Waals surface area contributed by atoms with Gasteiger partial charge in [-0.05, 0) is 30.4 Å². The lowest BCUT2D eigenvalue weighted by Gasteiger charge is -2.30. The summed E-state index contributed by atoms with van der Waals surface area (Å²) in [6.07, 6.45) is 3.91. The Bertz CT molecular complexity index is 514. The van der Waals surface area contributed by atoms with E-state index in [-0.39, 0.29) is 5.48 Å². The van der Waals surface area contributed by atoms with Gasteiger partial charge in [-0.1, -0.05) is 43.7 Å². The third kappa shape index (κ3) is 3.55. The van der Waals surface area contributed by atoms with Gasteiger partial charge in [0.05, 0.1) is 20.6 Å². The first-order valence-electron chi connectivity index (χ1n) is 6.96. The van der Waals surface area contributed by atoms with Gasteiger partial charge in [0.2, 0.25) is 0 Å². The summed E-state index contributed by atoms with van der Waals surface area (Å²) in [5.41, 5.74) is 1.43. The quantitative estimate of drug-likeness (QED) is 0.577. The molecule has 0 fully saturated rings. The van der Waals surface area contributed by atoms with E-state index >= 15 is 0 Å². The Morgan fingerprint density at radius 1 is 0.895 bits per heavy atom. The molecule has 2 nitrogen and oxygen atoms in total. The van der Waals surface area contributed by atoms with E-state index in [1.54, 1.807) is 0 Å². The van der Waals surface area contributed by atoms with Crippen LogP contribution in [-0.2, 0) is 0 Å². The molecular formula is C17H25NO. The molecular weight excluding hydrogens is 234 g/mol. The van der Waals surface area contributed by atoms with Gasteiger partial charge in [0, 0.05) is 5.39 Å². The van der Waals surface area contributed by atoms with E-state index in [0.29, 0.717) is 0 Å². The first-order valence-corrected chi connectivity index (χ1v) is 6.96. The molecule has 0 spiro atoms. The number of nitrogens with zero attached hydrogens (tertiary/aromatic N) is 1. The average Bonchev–Trinajstić information content (AvgIpc) is 2.38. The summed E-state index contributed by atoms with van der Waals surface area (Å²) in [4.78, 5) is 0. The number of quaternary nitrogens is 1. The first-order chi connectivity index (χ1) is 8.65. The fourth-order valence-corrected chi connectivity index (χ4v) is 2.61. The second kappa shape index (κ2) is 6.69. The predicted octanol–water partition coefficient (Wildman–Crippen LogP) is 4.42. The van der Waals surface area contributed by atoms with Crippen molar-refractivity contribution in [1.29, 1.82) is 0 Å². The Kier molecular flexibility index (Phi) is 5.52. The molecule has 0 unspecified atom stereocenters. The van der Waals surface area contributed by atoms with Gasteiger partial charge in [-0.3, -0.25) is 4.48 Å². The van der Waals surface area contributed by atoms with E-state index in [9.17, 15) is 0 Å². The zero-order valence-electron chi connectivity index (χ0n) is 12.3. The molecule has 0 amide bonds. The molecule has 0 bridgehead atoms. The summed E-state index contributed by atoms with van der Waals surface area (Å²) in [6, 6.07) is 15.3. The molecule has 19 heavy (non-hydrogen) atoms. The Labute approximate surface area is 116 Å². The summed E-state index contributed by atoms with van der Waals surface area (Å²) in [7, 11) is 4.63. The molecule has 2 aromatic carbocycles. The van der Waals surface area contributed by atoms with Gasteiger partial charge in [0.25, 0.3) is 0 Å². The number of hydrogen-bond acceptors (Lipinski definition) is 1. The number of unbranched alkanes of at least 4 members (excludes halogenated alkanes) is 2. The molecule has 2 rings (SSSR count). The predicted molar refractivity (Wildman–Crippen MR) is 83.9 cm³/mol. The zero-order chi connectivity index (χ0) is 13.0. The van der Waals surface area contributed by atoms with Crippen molar-refractivity contribution in [3.05, 3.63) is 42.5 Å². The normalized spacial score (nSPS) is 11.3. The maximum absolute atomic E-state index is 2.32. The van der Waals surface area contributed by atoms with E-state index in [1.165, 1.54) is 42.3 Å². The molecule has 0 saturated carbocycles. The molecule has 0 aliphatic rings. The van der Waals surface area contributed by atoms with E-state index in [1.807, 2.05) is 0 Å². The summed E-state index contributed by atoms with van der Waals surface area (Å²) < 4.78 is 0.974. The van der Waals surface area contributed by atoms with Crippen molar-refractivity contribution < 1.29 is 5.48 Å². The lowest BCUT2D eigenvalue weighted by molar-refractivity contribution is 0.387. The standard InChI is InChI=1S/C17H24N.H2O/c1-4-5-8-14-18(2,3)17-13-9-11-15-10-6-7-12-16(15)17;/h6-7,9-13H,4-5,8,14H2,1-3H3;1H2/q+1;/p-1. The summed E-state index contributed by atoms with van der Waals surface area (Å²) in [5, 5.41) is 2.73. The smallest absolute Gasteiger partial charge is 0.140 e. The van der Waals surface area contributed by atoms with Crippen molar-refractivity contribution in [2.24, 2.45) is 0 Å². The summed E-state index contributed by atoms with van der Waals surface area (Å²) in [6.45, 7) is 3.47. The van der Waals surface area contributed by atoms with Crippen LogP contribution < -0.4 is 4.48 Å². The average molecular weight is 259 g/mol. The highest BCUT2D eigenvalue weighted by atomic mass is 16.0. The fourth-order valence-electron chi connectivity index (χ4n) is 2.61. The van der Waals surface area contributed by atoms with Crippen LogP contribution >= 0.6 is 0 Å². The van der Waals surface area contributed by atoms with E-state index in [0.717, 1.165) is 4.48 Å². The van der Waals surface area contributed by atoms with Crippen LogP contribution in [0.2, 0.25) is 0 Å². The zero-order valence-corrected chi connectivity index (χ0v) is 12.3. The molecule has 0 heterocycles. The highest BCUT2D eigenvalue weighted by Crippen LogP contribution is 2.29. The Morgan fingerprint density at radius 2 is 1.58 bits per heavy atom. The van der Waals surface area contributed by atoms with Crippen LogP contribution in [0.1, 0.15) is 26.2 Å². The van der Waals surface area contributed by atoms with Gasteiger partial charge < -0.3 is 5.48 Å². The Balaban J connectivity index is 0.00000180. The molecule has 0 saturated heterocycles. The molecule has 1 N–H and O–H groups in total. The van der Waals surface area contributed by atoms with Crippen LogP contribution in [0.3, 0.4) is 0 Å². The van der Waals surface area contributed by atoms with Crippen molar-refractivity contribution in [3.8, 4) is 0 Å². The van der Waals surface area contributed by atoms with Gasteiger partial charge >= 0.3 is 0 Å². The topological polar surface area (TPSA) is 30.0 Å². The molecule has 2 heteroatoms. The van der Waals surface area contributed by atoms with Gasteiger partial charge in [0.1, 0.15) is 5.69 Å². The van der Waals surface area contributed by atoms with Gasteiger partial charge in [-0.15, -0.1) is 0 Å². The number of hydrogen-bond donors (Lipinski definition) is 0. The minimum absolute atomic E-state index is 0. The number of fused-ring (bicyclic) bond motifs is 1. The second-order valence-corrected chi connectivity index (χ2v) is 5.61. The van der Waals surface area contributed by atoms with Gasteiger partial charge in [-0.25, -0.2) is 0 Å². The maximum Gasteiger partial charge on any atom is 0.140 e. The number of benzene rings is 2. The lowest BCUT2D eigenvalue weighted by Crippen LogP contribution is -2.41. The van der Waals surface area contributed by atoms with Crippen LogP contribution in [-0.4, -0.2) is 26.1 Å². The third-order valence-electron chi connectivity index (χ3n) is 3.74. The minimum atomic E-state index is 0. The molecule has 0 radical (unpaired) electrons. The Hall–Kier alpha value is -1.38. The van der Waals surface area contributed by atoms with E-state index in [2.05, 4.69) is 63.5 Å². The van der Waals surface area contributed by atoms with Gasteiger partial charge in [-0.2, -0.15) is 0 Å². The molecule has 0 aliphatic heterocycles. The Morgan fingerprint density at radius 3 is 2.32 bits per heavy atom. The number of rotatable bonds is 5. The molecule has 2 aromatic rings. The maximum atomic E-state index is 2.32. The van der Waals surface area contributed by atoms with Gasteiger partial charge in [0.15, 0.2) is 0 Å². The monoisotopic (exact) mass is 259 g/mol. The van der Waals surface area contributed by atoms with Crippen LogP contribution in [0.5, 0.6) is 0 Å². The van der Waals surface area contributed by atoms with Crippen LogP contribution in [0.4, 0.5) is 5.69 Å². The molecule has 0 atom stereocenters. The van der Waals surface area contributed by atoms with Crippen molar-refractivity contribution in [1.82, 2.24) is 4.48 Å². The fraction of sp³-hybridized carbons (Fsp3) is 0.412. The van der Waals surface area contributed by atoms with Crippen LogP contribution in [0.25, 0.3) is 10.8 Å². The largest absolute Gasteiger partial charge is 0.870 e. The summed E-state index contributed by atoms with van der Waals surface area (Å²) in [5.74, 6) is 0. The van der Waals surface area contributed by atoms with E-state index < -0.39 is 0 Å².